The largest absolute Gasteiger partial charge is 0.439 e. The van der Waals surface area contributed by atoms with Crippen molar-refractivity contribution < 1.29 is 14.3 Å². The Morgan fingerprint density at radius 2 is 1.91 bits per heavy atom. The first-order chi connectivity index (χ1) is 16.0. The maximum atomic E-state index is 12.6. The topological polar surface area (TPSA) is 109 Å². The van der Waals surface area contributed by atoms with Crippen LogP contribution in [0, 0.1) is 13.8 Å². The van der Waals surface area contributed by atoms with Gasteiger partial charge in [0.2, 0.25) is 17.7 Å². The second-order valence-electron chi connectivity index (χ2n) is 7.90. The number of pyridine rings is 1. The summed E-state index contributed by atoms with van der Waals surface area (Å²) in [7, 11) is 0. The molecule has 0 unspecified atom stereocenters. The molecular formula is C24H27N5O4. The molecule has 2 N–H and O–H groups in total. The minimum absolute atomic E-state index is 0.157. The minimum Gasteiger partial charge on any atom is -0.439 e. The third-order valence-corrected chi connectivity index (χ3v) is 5.39. The molecule has 1 aliphatic rings. The number of H-pyrrole nitrogens is 1. The SMILES string of the molecule is Cc1ccc(Oc2ccc(NC(=O)CCc3c(C)nc(N4CCOCC4)[nH]c3=O)cn2)cc1. The molecule has 0 saturated carbocycles. The standard InChI is InChI=1S/C24H27N5O4/c1-16-3-6-19(7-4-16)33-22-10-5-18(15-25-22)27-21(30)9-8-20-17(2)26-24(28-23(20)31)29-11-13-32-14-12-29/h3-7,10,15H,8-9,11-14H2,1-2H3,(H,27,30)(H,26,28,31). The molecule has 0 atom stereocenters. The van der Waals surface area contributed by atoms with Gasteiger partial charge in [0.1, 0.15) is 5.75 Å². The van der Waals surface area contributed by atoms with Crippen molar-refractivity contribution in [3.63, 3.8) is 0 Å². The van der Waals surface area contributed by atoms with Crippen LogP contribution in [-0.2, 0) is 16.0 Å². The molecule has 0 bridgehead atoms. The van der Waals surface area contributed by atoms with Crippen LogP contribution in [0.4, 0.5) is 11.6 Å². The van der Waals surface area contributed by atoms with Gasteiger partial charge in [0.25, 0.3) is 5.56 Å². The normalized spacial score (nSPS) is 13.6. The molecule has 0 spiro atoms. The summed E-state index contributed by atoms with van der Waals surface area (Å²) in [6.45, 7) is 6.40. The highest BCUT2D eigenvalue weighted by Crippen LogP contribution is 2.21. The van der Waals surface area contributed by atoms with Gasteiger partial charge in [-0.15, -0.1) is 0 Å². The number of anilines is 2. The summed E-state index contributed by atoms with van der Waals surface area (Å²) in [5.41, 5.74) is 2.64. The number of hydrogen-bond acceptors (Lipinski definition) is 7. The number of carbonyl (C=O) groups is 1. The Labute approximate surface area is 191 Å². The Kier molecular flexibility index (Phi) is 6.99. The van der Waals surface area contributed by atoms with E-state index in [0.717, 1.165) is 5.56 Å². The third-order valence-electron chi connectivity index (χ3n) is 5.39. The van der Waals surface area contributed by atoms with Crippen molar-refractivity contribution in [2.45, 2.75) is 26.7 Å². The van der Waals surface area contributed by atoms with Crippen LogP contribution >= 0.6 is 0 Å². The zero-order valence-electron chi connectivity index (χ0n) is 18.8. The Bertz CT molecular complexity index is 1150. The van der Waals surface area contributed by atoms with Crippen LogP contribution in [0.3, 0.4) is 0 Å². The molecule has 2 aromatic heterocycles. The van der Waals surface area contributed by atoms with Gasteiger partial charge in [-0.1, -0.05) is 17.7 Å². The molecule has 1 aromatic carbocycles. The molecule has 1 fully saturated rings. The molecule has 9 nitrogen and oxygen atoms in total. The maximum absolute atomic E-state index is 12.6. The molecule has 4 rings (SSSR count). The van der Waals surface area contributed by atoms with Crippen LogP contribution in [0.1, 0.15) is 23.2 Å². The van der Waals surface area contributed by atoms with Crippen LogP contribution in [0.2, 0.25) is 0 Å². The zero-order valence-corrected chi connectivity index (χ0v) is 18.8. The average molecular weight is 450 g/mol. The molecule has 9 heteroatoms. The van der Waals surface area contributed by atoms with Gasteiger partial charge in [0.05, 0.1) is 25.1 Å². The summed E-state index contributed by atoms with van der Waals surface area (Å²) in [5.74, 6) is 1.47. The number of aromatic amines is 1. The molecule has 1 aliphatic heterocycles. The molecule has 172 valence electrons. The predicted molar refractivity (Wildman–Crippen MR) is 125 cm³/mol. The quantitative estimate of drug-likeness (QED) is 0.571. The number of amides is 1. The fourth-order valence-corrected chi connectivity index (χ4v) is 3.52. The maximum Gasteiger partial charge on any atom is 0.255 e. The van der Waals surface area contributed by atoms with E-state index in [1.165, 1.54) is 6.20 Å². The Morgan fingerprint density at radius 1 is 1.15 bits per heavy atom. The summed E-state index contributed by atoms with van der Waals surface area (Å²) in [5, 5.41) is 2.80. The number of morpholine rings is 1. The van der Waals surface area contributed by atoms with Gasteiger partial charge >= 0.3 is 0 Å². The predicted octanol–water partition coefficient (Wildman–Crippen LogP) is 2.98. The monoisotopic (exact) mass is 449 g/mol. The average Bonchev–Trinajstić information content (AvgIpc) is 2.82. The lowest BCUT2D eigenvalue weighted by Crippen LogP contribution is -2.38. The Balaban J connectivity index is 1.31. The van der Waals surface area contributed by atoms with Crippen molar-refractivity contribution in [3.8, 4) is 11.6 Å². The van der Waals surface area contributed by atoms with Gasteiger partial charge in [0.15, 0.2) is 0 Å². The molecule has 0 radical (unpaired) electrons. The lowest BCUT2D eigenvalue weighted by Gasteiger charge is -2.27. The van der Waals surface area contributed by atoms with E-state index in [-0.39, 0.29) is 17.9 Å². The fraction of sp³-hybridized carbons (Fsp3) is 0.333. The lowest BCUT2D eigenvalue weighted by molar-refractivity contribution is -0.116. The number of rotatable bonds is 7. The van der Waals surface area contributed by atoms with E-state index in [2.05, 4.69) is 20.3 Å². The molecule has 3 aromatic rings. The third kappa shape index (κ3) is 5.95. The molecule has 0 aliphatic carbocycles. The fourth-order valence-electron chi connectivity index (χ4n) is 3.52. The van der Waals surface area contributed by atoms with E-state index >= 15 is 0 Å². The van der Waals surface area contributed by atoms with Crippen molar-refractivity contribution in [1.29, 1.82) is 0 Å². The smallest absolute Gasteiger partial charge is 0.255 e. The summed E-state index contributed by atoms with van der Waals surface area (Å²) >= 11 is 0. The number of benzene rings is 1. The number of nitrogens with one attached hydrogen (secondary N) is 2. The van der Waals surface area contributed by atoms with Gasteiger partial charge in [-0.3, -0.25) is 14.6 Å². The highest BCUT2D eigenvalue weighted by atomic mass is 16.5. The minimum atomic E-state index is -0.212. The number of carbonyl (C=O) groups excluding carboxylic acids is 1. The summed E-state index contributed by atoms with van der Waals surface area (Å²) in [4.78, 5) is 38.6. The van der Waals surface area contributed by atoms with Crippen molar-refractivity contribution in [2.24, 2.45) is 0 Å². The van der Waals surface area contributed by atoms with Crippen molar-refractivity contribution in [2.75, 3.05) is 36.5 Å². The molecular weight excluding hydrogens is 422 g/mol. The Morgan fingerprint density at radius 3 is 2.58 bits per heavy atom. The van der Waals surface area contributed by atoms with Crippen LogP contribution in [0.5, 0.6) is 11.6 Å². The van der Waals surface area contributed by atoms with E-state index in [9.17, 15) is 9.59 Å². The van der Waals surface area contributed by atoms with Crippen molar-refractivity contribution >= 4 is 17.5 Å². The summed E-state index contributed by atoms with van der Waals surface area (Å²) < 4.78 is 11.0. The van der Waals surface area contributed by atoms with Gasteiger partial charge < -0.3 is 19.7 Å². The molecule has 3 heterocycles. The van der Waals surface area contributed by atoms with Gasteiger partial charge in [-0.05, 0) is 38.5 Å². The first kappa shape index (κ1) is 22.5. The van der Waals surface area contributed by atoms with Crippen LogP contribution in [0.15, 0.2) is 47.4 Å². The van der Waals surface area contributed by atoms with Crippen molar-refractivity contribution in [1.82, 2.24) is 15.0 Å². The molecule has 1 amide bonds. The summed E-state index contributed by atoms with van der Waals surface area (Å²) in [6, 6.07) is 11.1. The van der Waals surface area contributed by atoms with Gasteiger partial charge in [-0.2, -0.15) is 0 Å². The Hall–Kier alpha value is -3.72. The molecule has 1 saturated heterocycles. The van der Waals surface area contributed by atoms with Crippen LogP contribution < -0.4 is 20.5 Å². The number of hydrogen-bond donors (Lipinski definition) is 2. The van der Waals surface area contributed by atoms with E-state index in [1.807, 2.05) is 36.1 Å². The second kappa shape index (κ2) is 10.3. The number of aryl methyl sites for hydroxylation is 2. The van der Waals surface area contributed by atoms with E-state index < -0.39 is 0 Å². The van der Waals surface area contributed by atoms with Crippen LogP contribution in [0.25, 0.3) is 0 Å². The number of nitrogens with zero attached hydrogens (tertiary/aromatic N) is 3. The molecule has 33 heavy (non-hydrogen) atoms. The van der Waals surface area contributed by atoms with Gasteiger partial charge in [-0.25, -0.2) is 9.97 Å². The number of ether oxygens (including phenoxy) is 2. The first-order valence-electron chi connectivity index (χ1n) is 10.9. The lowest BCUT2D eigenvalue weighted by atomic mass is 10.1. The van der Waals surface area contributed by atoms with Crippen LogP contribution in [-0.4, -0.2) is 47.2 Å². The van der Waals surface area contributed by atoms with E-state index in [0.29, 0.717) is 67.2 Å². The van der Waals surface area contributed by atoms with E-state index in [4.69, 9.17) is 9.47 Å². The van der Waals surface area contributed by atoms with Crippen molar-refractivity contribution in [3.05, 3.63) is 69.8 Å². The number of aromatic nitrogens is 3. The van der Waals surface area contributed by atoms with E-state index in [1.54, 1.807) is 19.1 Å². The highest BCUT2D eigenvalue weighted by Gasteiger charge is 2.17. The highest BCUT2D eigenvalue weighted by molar-refractivity contribution is 5.90. The summed E-state index contributed by atoms with van der Waals surface area (Å²) in [6.07, 6.45) is 1.99. The van der Waals surface area contributed by atoms with Gasteiger partial charge in [0, 0.05) is 36.8 Å². The second-order valence-corrected chi connectivity index (χ2v) is 7.90. The first-order valence-corrected chi connectivity index (χ1v) is 10.9. The zero-order chi connectivity index (χ0) is 23.2.